The first kappa shape index (κ1) is 10.3. The van der Waals surface area contributed by atoms with Gasteiger partial charge in [-0.1, -0.05) is 11.6 Å². The molecule has 2 rings (SSSR count). The molecule has 0 N–H and O–H groups in total. The minimum absolute atomic E-state index is 0.0213. The van der Waals surface area contributed by atoms with Crippen molar-refractivity contribution in [3.05, 3.63) is 27.8 Å². The molecule has 0 amide bonds. The fraction of sp³-hybridized carbons (Fsp3) is 0.417. The molecule has 0 heterocycles. The zero-order valence-corrected chi connectivity index (χ0v) is 9.56. The number of halogens is 1. The number of nitrogens with zero attached hydrogens (tertiary/aromatic N) is 1. The lowest BCUT2D eigenvalue weighted by Gasteiger charge is -2.12. The van der Waals surface area contributed by atoms with Gasteiger partial charge in [-0.2, -0.15) is 5.26 Å². The number of hydrogen-bond acceptors (Lipinski definition) is 2. The van der Waals surface area contributed by atoms with E-state index < -0.39 is 0 Å². The zero-order chi connectivity index (χ0) is 11.0. The van der Waals surface area contributed by atoms with Crippen molar-refractivity contribution in [2.45, 2.75) is 25.7 Å². The maximum Gasteiger partial charge on any atom is 0.123 e. The van der Waals surface area contributed by atoms with Gasteiger partial charge in [0.05, 0.1) is 24.1 Å². The molecule has 1 aliphatic rings. The van der Waals surface area contributed by atoms with Crippen LogP contribution in [0, 0.1) is 18.3 Å². The van der Waals surface area contributed by atoms with Crippen molar-refractivity contribution < 1.29 is 4.74 Å². The molecule has 3 heteroatoms. The number of fused-ring (bicyclic) bond motifs is 1. The maximum absolute atomic E-state index is 9.00. The van der Waals surface area contributed by atoms with Crippen molar-refractivity contribution in [1.29, 1.82) is 5.26 Å². The first-order valence-electron chi connectivity index (χ1n) is 4.94. The van der Waals surface area contributed by atoms with Gasteiger partial charge in [0.15, 0.2) is 0 Å². The summed E-state index contributed by atoms with van der Waals surface area (Å²) < 4.78 is 5.25. The SMILES string of the molecule is COc1cc2c(c(Cl)c1C)CCC2C#N. The van der Waals surface area contributed by atoms with Gasteiger partial charge < -0.3 is 4.74 Å². The number of nitriles is 1. The lowest BCUT2D eigenvalue weighted by molar-refractivity contribution is 0.411. The molecule has 1 aromatic rings. The van der Waals surface area contributed by atoms with Crippen LogP contribution in [0.5, 0.6) is 5.75 Å². The van der Waals surface area contributed by atoms with Gasteiger partial charge in [-0.25, -0.2) is 0 Å². The van der Waals surface area contributed by atoms with Crippen LogP contribution in [0.1, 0.15) is 29.0 Å². The smallest absolute Gasteiger partial charge is 0.123 e. The highest BCUT2D eigenvalue weighted by Crippen LogP contribution is 2.41. The Balaban J connectivity index is 2.63. The van der Waals surface area contributed by atoms with E-state index >= 15 is 0 Å². The molecule has 2 nitrogen and oxygen atoms in total. The molecule has 0 saturated heterocycles. The third-order valence-corrected chi connectivity index (χ3v) is 3.54. The number of methoxy groups -OCH3 is 1. The van der Waals surface area contributed by atoms with Crippen LogP contribution < -0.4 is 4.74 Å². The molecule has 1 aromatic carbocycles. The van der Waals surface area contributed by atoms with Crippen molar-refractivity contribution in [2.75, 3.05) is 7.11 Å². The molecule has 0 fully saturated rings. The van der Waals surface area contributed by atoms with Crippen LogP contribution in [0.3, 0.4) is 0 Å². The van der Waals surface area contributed by atoms with Crippen LogP contribution in [0.25, 0.3) is 0 Å². The largest absolute Gasteiger partial charge is 0.496 e. The van der Waals surface area contributed by atoms with Crippen molar-refractivity contribution in [1.82, 2.24) is 0 Å². The summed E-state index contributed by atoms with van der Waals surface area (Å²) >= 11 is 6.26. The van der Waals surface area contributed by atoms with E-state index in [2.05, 4.69) is 6.07 Å². The Kier molecular flexibility index (Phi) is 2.58. The van der Waals surface area contributed by atoms with Crippen molar-refractivity contribution in [3.8, 4) is 11.8 Å². The van der Waals surface area contributed by atoms with E-state index in [0.29, 0.717) is 0 Å². The van der Waals surface area contributed by atoms with Gasteiger partial charge in [0.25, 0.3) is 0 Å². The van der Waals surface area contributed by atoms with E-state index in [9.17, 15) is 0 Å². The van der Waals surface area contributed by atoms with Gasteiger partial charge in [-0.05, 0) is 37.0 Å². The second-order valence-electron chi connectivity index (χ2n) is 3.81. The number of benzene rings is 1. The van der Waals surface area contributed by atoms with Crippen LogP contribution in [-0.4, -0.2) is 7.11 Å². The molecule has 0 radical (unpaired) electrons. The average molecular weight is 222 g/mol. The molecular formula is C12H12ClNO. The second-order valence-corrected chi connectivity index (χ2v) is 4.18. The molecule has 15 heavy (non-hydrogen) atoms. The van der Waals surface area contributed by atoms with E-state index in [-0.39, 0.29) is 5.92 Å². The summed E-state index contributed by atoms with van der Waals surface area (Å²) in [5.41, 5.74) is 3.14. The highest BCUT2D eigenvalue weighted by molar-refractivity contribution is 6.32. The summed E-state index contributed by atoms with van der Waals surface area (Å²) in [5.74, 6) is 0.757. The molecule has 0 aromatic heterocycles. The summed E-state index contributed by atoms with van der Waals surface area (Å²) in [5, 5.41) is 9.77. The first-order chi connectivity index (χ1) is 7.19. The Bertz CT molecular complexity index is 448. The van der Waals surface area contributed by atoms with E-state index in [4.69, 9.17) is 21.6 Å². The predicted octanol–water partition coefficient (Wildman–Crippen LogP) is 3.21. The Morgan fingerprint density at radius 2 is 2.33 bits per heavy atom. The van der Waals surface area contributed by atoms with E-state index in [1.807, 2.05) is 13.0 Å². The van der Waals surface area contributed by atoms with Gasteiger partial charge in [0.2, 0.25) is 0 Å². The minimum Gasteiger partial charge on any atom is -0.496 e. The van der Waals surface area contributed by atoms with Gasteiger partial charge >= 0.3 is 0 Å². The molecule has 1 aliphatic carbocycles. The summed E-state index contributed by atoms with van der Waals surface area (Å²) in [6.45, 7) is 1.95. The van der Waals surface area contributed by atoms with Crippen molar-refractivity contribution >= 4 is 11.6 Å². The maximum atomic E-state index is 9.00. The monoisotopic (exact) mass is 221 g/mol. The van der Waals surface area contributed by atoms with Crippen LogP contribution in [-0.2, 0) is 6.42 Å². The van der Waals surface area contributed by atoms with Crippen LogP contribution in [0.15, 0.2) is 6.07 Å². The molecule has 0 spiro atoms. The summed E-state index contributed by atoms with van der Waals surface area (Å²) in [6, 6.07) is 4.26. The Morgan fingerprint density at radius 1 is 1.60 bits per heavy atom. The summed E-state index contributed by atoms with van der Waals surface area (Å²) in [6.07, 6.45) is 1.77. The standard InChI is InChI=1S/C12H12ClNO/c1-7-11(15-2)5-10-8(6-14)3-4-9(10)12(7)13/h5,8H,3-4H2,1-2H3. The lowest BCUT2D eigenvalue weighted by Crippen LogP contribution is -1.95. The first-order valence-corrected chi connectivity index (χ1v) is 5.32. The van der Waals surface area contributed by atoms with Gasteiger partial charge in [-0.15, -0.1) is 0 Å². The summed E-state index contributed by atoms with van der Waals surface area (Å²) in [4.78, 5) is 0. The van der Waals surface area contributed by atoms with E-state index in [1.165, 1.54) is 0 Å². The topological polar surface area (TPSA) is 33.0 Å². The Morgan fingerprint density at radius 3 is 2.93 bits per heavy atom. The number of ether oxygens (including phenoxy) is 1. The van der Waals surface area contributed by atoms with Crippen molar-refractivity contribution in [3.63, 3.8) is 0 Å². The lowest BCUT2D eigenvalue weighted by atomic mass is 10.0. The molecule has 1 atom stereocenters. The predicted molar refractivity (Wildman–Crippen MR) is 59.4 cm³/mol. The number of hydrogen-bond donors (Lipinski definition) is 0. The van der Waals surface area contributed by atoms with Gasteiger partial charge in [0.1, 0.15) is 5.75 Å². The second kappa shape index (κ2) is 3.75. The Hall–Kier alpha value is -1.20. The van der Waals surface area contributed by atoms with Crippen molar-refractivity contribution in [2.24, 2.45) is 0 Å². The average Bonchev–Trinajstić information content (AvgIpc) is 2.66. The van der Waals surface area contributed by atoms with Crippen LogP contribution in [0.2, 0.25) is 5.02 Å². The van der Waals surface area contributed by atoms with Crippen LogP contribution >= 0.6 is 11.6 Å². The highest BCUT2D eigenvalue weighted by Gasteiger charge is 2.26. The van der Waals surface area contributed by atoms with E-state index in [1.54, 1.807) is 7.11 Å². The zero-order valence-electron chi connectivity index (χ0n) is 8.80. The molecule has 1 unspecified atom stereocenters. The highest BCUT2D eigenvalue weighted by atomic mass is 35.5. The fourth-order valence-corrected chi connectivity index (χ4v) is 2.45. The van der Waals surface area contributed by atoms with Gasteiger partial charge in [0, 0.05) is 5.56 Å². The van der Waals surface area contributed by atoms with Crippen LogP contribution in [0.4, 0.5) is 0 Å². The van der Waals surface area contributed by atoms with E-state index in [0.717, 1.165) is 40.3 Å². The molecule has 0 aliphatic heterocycles. The molecule has 78 valence electrons. The summed E-state index contributed by atoms with van der Waals surface area (Å²) in [7, 11) is 1.63. The Labute approximate surface area is 94.4 Å². The third-order valence-electron chi connectivity index (χ3n) is 3.03. The molecule has 0 saturated carbocycles. The molecule has 0 bridgehead atoms. The normalized spacial score (nSPS) is 18.4. The third kappa shape index (κ3) is 1.48. The fourth-order valence-electron chi connectivity index (χ4n) is 2.15. The minimum atomic E-state index is -0.0213. The number of rotatable bonds is 1. The molecular weight excluding hydrogens is 210 g/mol. The van der Waals surface area contributed by atoms with Gasteiger partial charge in [-0.3, -0.25) is 0 Å². The quantitative estimate of drug-likeness (QED) is 0.730.